The molecule has 0 aliphatic heterocycles. The monoisotopic (exact) mass is 491 g/mol. The van der Waals surface area contributed by atoms with Crippen molar-refractivity contribution in [1.29, 1.82) is 0 Å². The number of hydrogen-bond donors (Lipinski definition) is 1. The van der Waals surface area contributed by atoms with Crippen LogP contribution in [-0.4, -0.2) is 9.55 Å². The number of benzene rings is 3. The van der Waals surface area contributed by atoms with E-state index in [0.717, 1.165) is 38.0 Å². The third-order valence-corrected chi connectivity index (χ3v) is 6.08. The van der Waals surface area contributed by atoms with E-state index in [1.54, 1.807) is 12.1 Å². The Balaban J connectivity index is 0.00000204. The van der Waals surface area contributed by atoms with Gasteiger partial charge in [0.05, 0.1) is 11.7 Å². The average molecular weight is 493 g/mol. The lowest BCUT2D eigenvalue weighted by molar-refractivity contribution is -0.510. The first-order valence-corrected chi connectivity index (χ1v) is 10.5. The summed E-state index contributed by atoms with van der Waals surface area (Å²) in [6, 6.07) is 25.4. The number of nitrogens with zero attached hydrogens (tertiary/aromatic N) is 2. The minimum Gasteiger partial charge on any atom is -1.00 e. The van der Waals surface area contributed by atoms with E-state index in [0.29, 0.717) is 0 Å². The Labute approximate surface area is 192 Å². The first-order chi connectivity index (χ1) is 14.7. The van der Waals surface area contributed by atoms with Crippen LogP contribution in [0, 0.1) is 5.82 Å². The van der Waals surface area contributed by atoms with Gasteiger partial charge in [0.1, 0.15) is 11.5 Å². The summed E-state index contributed by atoms with van der Waals surface area (Å²) in [4.78, 5) is 3.60. The van der Waals surface area contributed by atoms with Crippen LogP contribution < -0.4 is 16.8 Å². The highest BCUT2D eigenvalue weighted by molar-refractivity contribution is 9.10. The molecule has 3 heterocycles. The van der Waals surface area contributed by atoms with Gasteiger partial charge in [0, 0.05) is 32.4 Å². The molecule has 31 heavy (non-hydrogen) atoms. The highest BCUT2D eigenvalue weighted by Crippen LogP contribution is 2.34. The van der Waals surface area contributed by atoms with Gasteiger partial charge in [0.15, 0.2) is 5.69 Å². The van der Waals surface area contributed by atoms with Crippen molar-refractivity contribution < 1.29 is 21.2 Å². The lowest BCUT2D eigenvalue weighted by atomic mass is 10.1. The number of rotatable bonds is 2. The third kappa shape index (κ3) is 3.12. The lowest BCUT2D eigenvalue weighted by Crippen LogP contribution is -3.00. The van der Waals surface area contributed by atoms with E-state index >= 15 is 0 Å². The predicted octanol–water partition coefficient (Wildman–Crippen LogP) is 3.42. The van der Waals surface area contributed by atoms with Gasteiger partial charge in [-0.05, 0) is 48.5 Å². The van der Waals surface area contributed by atoms with E-state index in [4.69, 9.17) is 0 Å². The van der Waals surface area contributed by atoms with Crippen LogP contribution >= 0.6 is 15.9 Å². The highest BCUT2D eigenvalue weighted by Gasteiger charge is 2.25. The summed E-state index contributed by atoms with van der Waals surface area (Å²) in [5.74, 6) is -0.257. The number of imidazole rings is 1. The van der Waals surface area contributed by atoms with Gasteiger partial charge in [0.2, 0.25) is 5.52 Å². The van der Waals surface area contributed by atoms with Crippen molar-refractivity contribution in [2.75, 3.05) is 0 Å². The molecule has 3 aromatic heterocycles. The molecule has 1 N–H and O–H groups in total. The Morgan fingerprint density at radius 1 is 0.871 bits per heavy atom. The molecule has 0 aliphatic carbocycles. The van der Waals surface area contributed by atoms with Crippen LogP contribution in [0.4, 0.5) is 4.39 Å². The molecule has 0 fully saturated rings. The molecule has 0 aliphatic rings. The number of pyridine rings is 1. The molecule has 3 nitrogen and oxygen atoms in total. The number of hydrogen-bond acceptors (Lipinski definition) is 0. The van der Waals surface area contributed by atoms with Crippen molar-refractivity contribution in [3.8, 4) is 16.9 Å². The van der Waals surface area contributed by atoms with Crippen molar-refractivity contribution >= 4 is 43.3 Å². The van der Waals surface area contributed by atoms with Crippen LogP contribution in [-0.2, 0) is 0 Å². The Morgan fingerprint density at radius 2 is 1.68 bits per heavy atom. The third-order valence-electron chi connectivity index (χ3n) is 5.55. The summed E-state index contributed by atoms with van der Waals surface area (Å²) in [5.41, 5.74) is 6.05. The average Bonchev–Trinajstić information content (AvgIpc) is 3.33. The smallest absolute Gasteiger partial charge is 0.254 e. The minimum atomic E-state index is -0.257. The van der Waals surface area contributed by atoms with Crippen LogP contribution in [0.15, 0.2) is 95.9 Å². The fraction of sp³-hybridized carbons (Fsp3) is 0. The summed E-state index contributed by atoms with van der Waals surface area (Å²) in [5, 5.41) is 2.36. The number of fused-ring (bicyclic) bond motifs is 5. The van der Waals surface area contributed by atoms with Crippen LogP contribution in [0.1, 0.15) is 0 Å². The topological polar surface area (TPSA) is 24.8 Å². The number of nitrogens with one attached hydrogen (secondary N) is 1. The Hall–Kier alpha value is -3.15. The molecule has 6 rings (SSSR count). The van der Waals surface area contributed by atoms with Crippen LogP contribution in [0.2, 0.25) is 0 Å². The molecule has 0 unspecified atom stereocenters. The number of aromatic amines is 1. The molecule has 0 saturated carbocycles. The molecular formula is C25H16BrClFN3. The van der Waals surface area contributed by atoms with Gasteiger partial charge in [-0.1, -0.05) is 40.2 Å². The largest absolute Gasteiger partial charge is 1.00 e. The summed E-state index contributed by atoms with van der Waals surface area (Å²) >= 11 is 3.53. The Morgan fingerprint density at radius 3 is 2.48 bits per heavy atom. The molecule has 0 bridgehead atoms. The number of H-pyrrole nitrogens is 1. The molecule has 6 heteroatoms. The van der Waals surface area contributed by atoms with Gasteiger partial charge < -0.3 is 17.4 Å². The summed E-state index contributed by atoms with van der Waals surface area (Å²) in [6.07, 6.45) is 4.07. The van der Waals surface area contributed by atoms with Gasteiger partial charge >= 0.3 is 0 Å². The van der Waals surface area contributed by atoms with E-state index in [2.05, 4.69) is 67.9 Å². The Bertz CT molecular complexity index is 1570. The normalized spacial score (nSPS) is 11.3. The van der Waals surface area contributed by atoms with Crippen LogP contribution in [0.25, 0.3) is 44.3 Å². The second-order valence-electron chi connectivity index (χ2n) is 7.35. The molecule has 152 valence electrons. The van der Waals surface area contributed by atoms with Crippen molar-refractivity contribution in [3.63, 3.8) is 0 Å². The van der Waals surface area contributed by atoms with Crippen molar-refractivity contribution in [2.45, 2.75) is 0 Å². The second kappa shape index (κ2) is 7.52. The molecule has 0 atom stereocenters. The van der Waals surface area contributed by atoms with Crippen molar-refractivity contribution in [1.82, 2.24) is 9.55 Å². The standard InChI is InChI=1S/C25H16BrFN3.ClH/c26-17-10-8-16(9-11-17)24-25-23-21(20-6-1-2-7-22(20)28-23)12-13-29(25)15-30(24)19-5-3-4-18(27)14-19;/h1-15,28H;1H/q+1;/p-1. The predicted molar refractivity (Wildman–Crippen MR) is 121 cm³/mol. The summed E-state index contributed by atoms with van der Waals surface area (Å²) < 4.78 is 19.2. The maximum Gasteiger partial charge on any atom is 0.254 e. The van der Waals surface area contributed by atoms with Crippen LogP contribution in [0.3, 0.4) is 0 Å². The molecule has 3 aromatic carbocycles. The first-order valence-electron chi connectivity index (χ1n) is 9.67. The minimum absolute atomic E-state index is 0. The van der Waals surface area contributed by atoms with E-state index in [-0.39, 0.29) is 18.2 Å². The van der Waals surface area contributed by atoms with E-state index in [1.165, 1.54) is 16.8 Å². The van der Waals surface area contributed by atoms with Gasteiger partial charge in [-0.15, -0.1) is 0 Å². The van der Waals surface area contributed by atoms with E-state index in [9.17, 15) is 4.39 Å². The fourth-order valence-electron chi connectivity index (χ4n) is 4.22. The Kier molecular flexibility index (Phi) is 4.80. The quantitative estimate of drug-likeness (QED) is 0.358. The van der Waals surface area contributed by atoms with Crippen molar-refractivity contribution in [2.24, 2.45) is 0 Å². The SMILES string of the molecule is Fc1cccc(-n2c[n+]3ccc4c5ccccc5[nH]c4c3c2-c2ccc(Br)cc2)c1.[Cl-]. The maximum atomic E-state index is 14.1. The zero-order valence-electron chi connectivity index (χ0n) is 16.2. The van der Waals surface area contributed by atoms with Gasteiger partial charge in [-0.3, -0.25) is 0 Å². The summed E-state index contributed by atoms with van der Waals surface area (Å²) in [6.45, 7) is 0. The summed E-state index contributed by atoms with van der Waals surface area (Å²) in [7, 11) is 0. The van der Waals surface area contributed by atoms with E-state index in [1.807, 2.05) is 35.2 Å². The maximum absolute atomic E-state index is 14.1. The number of para-hydroxylation sites is 1. The van der Waals surface area contributed by atoms with Crippen LogP contribution in [0.5, 0.6) is 0 Å². The molecule has 0 spiro atoms. The molecule has 0 radical (unpaired) electrons. The molecule has 0 saturated heterocycles. The van der Waals surface area contributed by atoms with Gasteiger partial charge in [0.25, 0.3) is 6.33 Å². The number of aromatic nitrogens is 3. The van der Waals surface area contributed by atoms with Crippen molar-refractivity contribution in [3.05, 3.63) is 102 Å². The zero-order chi connectivity index (χ0) is 20.2. The zero-order valence-corrected chi connectivity index (χ0v) is 18.5. The fourth-order valence-corrected chi connectivity index (χ4v) is 4.48. The first kappa shape index (κ1) is 19.8. The van der Waals surface area contributed by atoms with Gasteiger partial charge in [-0.2, -0.15) is 8.97 Å². The molecule has 0 amide bonds. The highest BCUT2D eigenvalue weighted by atomic mass is 79.9. The van der Waals surface area contributed by atoms with Gasteiger partial charge in [-0.25, -0.2) is 4.39 Å². The number of halogens is 3. The lowest BCUT2D eigenvalue weighted by Gasteiger charge is -2.03. The van der Waals surface area contributed by atoms with E-state index < -0.39 is 0 Å². The molecule has 6 aromatic rings. The second-order valence-corrected chi connectivity index (χ2v) is 8.27. The molecular weight excluding hydrogens is 477 g/mol.